The topological polar surface area (TPSA) is 80.4 Å². The Morgan fingerprint density at radius 3 is 2.94 bits per heavy atom. The quantitative estimate of drug-likeness (QED) is 0.452. The molecule has 0 aromatic carbocycles. The average Bonchev–Trinajstić information content (AvgIpc) is 2.54. The van der Waals surface area contributed by atoms with Gasteiger partial charge in [0.25, 0.3) is 0 Å². The first-order valence-corrected chi connectivity index (χ1v) is 6.00. The van der Waals surface area contributed by atoms with E-state index in [1.807, 2.05) is 0 Å². The normalized spacial score (nSPS) is 34.8. The molecule has 2 aliphatic carbocycles. The number of nitro groups is 1. The van der Waals surface area contributed by atoms with Crippen LogP contribution >= 0.6 is 0 Å². The minimum Gasteiger partial charge on any atom is -0.481 e. The minimum atomic E-state index is -0.927. The van der Waals surface area contributed by atoms with Gasteiger partial charge < -0.3 is 5.11 Å². The summed E-state index contributed by atoms with van der Waals surface area (Å²) in [4.78, 5) is 21.2. The van der Waals surface area contributed by atoms with Gasteiger partial charge in [-0.05, 0) is 31.1 Å². The van der Waals surface area contributed by atoms with Crippen LogP contribution in [0.2, 0.25) is 0 Å². The molecule has 17 heavy (non-hydrogen) atoms. The van der Waals surface area contributed by atoms with Crippen molar-refractivity contribution in [2.75, 3.05) is 6.54 Å². The fraction of sp³-hybridized carbons (Fsp3) is 0.750. The van der Waals surface area contributed by atoms with Crippen LogP contribution < -0.4 is 0 Å². The van der Waals surface area contributed by atoms with Gasteiger partial charge in [0.05, 0.1) is 11.8 Å². The van der Waals surface area contributed by atoms with E-state index >= 15 is 0 Å². The molecule has 3 atom stereocenters. The van der Waals surface area contributed by atoms with E-state index < -0.39 is 11.4 Å². The summed E-state index contributed by atoms with van der Waals surface area (Å²) in [5.74, 6) is -0.369. The van der Waals surface area contributed by atoms with Crippen molar-refractivity contribution in [3.63, 3.8) is 0 Å². The molecule has 0 saturated heterocycles. The Hall–Kier alpha value is -1.39. The lowest BCUT2D eigenvalue weighted by atomic mass is 9.53. The number of carboxylic acids is 1. The van der Waals surface area contributed by atoms with Gasteiger partial charge in [0.2, 0.25) is 6.54 Å². The van der Waals surface area contributed by atoms with Crippen molar-refractivity contribution in [3.8, 4) is 0 Å². The Balaban J connectivity index is 2.17. The van der Waals surface area contributed by atoms with Crippen LogP contribution in [0.4, 0.5) is 0 Å². The Kier molecular flexibility index (Phi) is 2.93. The second-order valence-electron chi connectivity index (χ2n) is 5.30. The first kappa shape index (κ1) is 12.1. The van der Waals surface area contributed by atoms with Gasteiger partial charge in [-0.15, -0.1) is 0 Å². The zero-order chi connectivity index (χ0) is 12.6. The fourth-order valence-corrected chi connectivity index (χ4v) is 3.53. The van der Waals surface area contributed by atoms with Crippen LogP contribution in [0.1, 0.15) is 32.6 Å². The van der Waals surface area contributed by atoms with Crippen molar-refractivity contribution < 1.29 is 14.8 Å². The largest absolute Gasteiger partial charge is 0.481 e. The molecule has 0 radical (unpaired) electrons. The third-order valence-electron chi connectivity index (χ3n) is 4.22. The van der Waals surface area contributed by atoms with Crippen molar-refractivity contribution in [1.82, 2.24) is 0 Å². The first-order valence-electron chi connectivity index (χ1n) is 6.00. The molecule has 1 fully saturated rings. The van der Waals surface area contributed by atoms with Crippen LogP contribution in [0.15, 0.2) is 11.6 Å². The molecule has 1 saturated carbocycles. The maximum Gasteiger partial charge on any atom is 0.304 e. The van der Waals surface area contributed by atoms with Crippen molar-refractivity contribution in [2.45, 2.75) is 32.6 Å². The van der Waals surface area contributed by atoms with E-state index in [4.69, 9.17) is 5.11 Å². The Morgan fingerprint density at radius 2 is 2.41 bits per heavy atom. The van der Waals surface area contributed by atoms with Crippen molar-refractivity contribution in [3.05, 3.63) is 21.8 Å². The minimum absolute atomic E-state index is 0.0807. The molecule has 0 bridgehead atoms. The molecule has 0 amide bonds. The highest BCUT2D eigenvalue weighted by Crippen LogP contribution is 2.60. The molecule has 0 aliphatic heterocycles. The van der Waals surface area contributed by atoms with Gasteiger partial charge in [-0.1, -0.05) is 18.6 Å². The summed E-state index contributed by atoms with van der Waals surface area (Å²) >= 11 is 0. The number of hydrogen-bond acceptors (Lipinski definition) is 3. The van der Waals surface area contributed by atoms with E-state index in [0.717, 1.165) is 12.8 Å². The molecule has 5 nitrogen and oxygen atoms in total. The number of hydrogen-bond donors (Lipinski definition) is 1. The monoisotopic (exact) mass is 239 g/mol. The van der Waals surface area contributed by atoms with Crippen LogP contribution in [0.25, 0.3) is 0 Å². The SMILES string of the molecule is CCC1=CC2C(C1)C[C@@]2(CC(=O)O)C[N+](=O)[O-]. The van der Waals surface area contributed by atoms with Crippen molar-refractivity contribution in [2.24, 2.45) is 17.3 Å². The summed E-state index contributed by atoms with van der Waals surface area (Å²) in [6, 6.07) is 0. The lowest BCUT2D eigenvalue weighted by molar-refractivity contribution is -0.505. The van der Waals surface area contributed by atoms with E-state index in [-0.39, 0.29) is 23.8 Å². The Morgan fingerprint density at radius 1 is 1.71 bits per heavy atom. The number of allylic oxidation sites excluding steroid dienone is 2. The van der Waals surface area contributed by atoms with Crippen LogP contribution in [0, 0.1) is 27.4 Å². The van der Waals surface area contributed by atoms with Gasteiger partial charge in [-0.25, -0.2) is 0 Å². The van der Waals surface area contributed by atoms with E-state index in [2.05, 4.69) is 13.0 Å². The molecule has 0 aromatic heterocycles. The summed E-state index contributed by atoms with van der Waals surface area (Å²) in [6.45, 7) is 1.86. The number of carbonyl (C=O) groups is 1. The molecule has 5 heteroatoms. The summed E-state index contributed by atoms with van der Waals surface area (Å²) in [7, 11) is 0. The standard InChI is InChI=1S/C12H17NO4/c1-2-8-3-9-5-12(6-11(14)15,7-13(16)17)10(9)4-8/h4,9-10H,2-3,5-7H2,1H3,(H,14,15)/t9?,10?,12-/m1/s1. The van der Waals surface area contributed by atoms with E-state index in [1.54, 1.807) is 0 Å². The number of carboxylic acid groups (broad SMARTS) is 1. The number of fused-ring (bicyclic) bond motifs is 1. The van der Waals surface area contributed by atoms with Crippen LogP contribution in [-0.4, -0.2) is 22.5 Å². The molecule has 2 rings (SSSR count). The second kappa shape index (κ2) is 4.13. The average molecular weight is 239 g/mol. The molecule has 1 N–H and O–H groups in total. The molecule has 0 aromatic rings. The van der Waals surface area contributed by atoms with Crippen molar-refractivity contribution >= 4 is 5.97 Å². The van der Waals surface area contributed by atoms with E-state index in [0.29, 0.717) is 12.3 Å². The number of rotatable bonds is 5. The van der Waals surface area contributed by atoms with Gasteiger partial charge >= 0.3 is 5.97 Å². The summed E-state index contributed by atoms with van der Waals surface area (Å²) in [5, 5.41) is 19.6. The van der Waals surface area contributed by atoms with Crippen LogP contribution in [0.3, 0.4) is 0 Å². The molecular formula is C12H17NO4. The Bertz CT molecular complexity index is 372. The zero-order valence-electron chi connectivity index (χ0n) is 9.89. The lowest BCUT2D eigenvalue weighted by Crippen LogP contribution is -2.50. The fourth-order valence-electron chi connectivity index (χ4n) is 3.53. The smallest absolute Gasteiger partial charge is 0.304 e. The van der Waals surface area contributed by atoms with Gasteiger partial charge in [-0.3, -0.25) is 14.9 Å². The molecule has 0 heterocycles. The molecular weight excluding hydrogens is 222 g/mol. The zero-order valence-corrected chi connectivity index (χ0v) is 9.89. The second-order valence-corrected chi connectivity index (χ2v) is 5.30. The third-order valence-corrected chi connectivity index (χ3v) is 4.22. The predicted molar refractivity (Wildman–Crippen MR) is 61.1 cm³/mol. The van der Waals surface area contributed by atoms with E-state index in [9.17, 15) is 14.9 Å². The summed E-state index contributed by atoms with van der Waals surface area (Å²) < 4.78 is 0. The highest BCUT2D eigenvalue weighted by atomic mass is 16.6. The van der Waals surface area contributed by atoms with Gasteiger partial charge in [0.1, 0.15) is 0 Å². The Labute approximate surface area is 99.7 Å². The van der Waals surface area contributed by atoms with Crippen LogP contribution in [0.5, 0.6) is 0 Å². The van der Waals surface area contributed by atoms with Crippen LogP contribution in [-0.2, 0) is 4.79 Å². The summed E-state index contributed by atoms with van der Waals surface area (Å²) in [5.41, 5.74) is 0.701. The molecule has 94 valence electrons. The first-order chi connectivity index (χ1) is 7.97. The molecule has 2 unspecified atom stereocenters. The third kappa shape index (κ3) is 2.06. The molecule has 2 aliphatic rings. The van der Waals surface area contributed by atoms with Gasteiger partial charge in [0.15, 0.2) is 0 Å². The number of aliphatic carboxylic acids is 1. The van der Waals surface area contributed by atoms with Crippen molar-refractivity contribution in [1.29, 1.82) is 0 Å². The lowest BCUT2D eigenvalue weighted by Gasteiger charge is -2.48. The summed E-state index contributed by atoms with van der Waals surface area (Å²) in [6.07, 6.45) is 4.67. The predicted octanol–water partition coefficient (Wildman–Crippen LogP) is 2.10. The van der Waals surface area contributed by atoms with Gasteiger partial charge in [0, 0.05) is 4.92 Å². The maximum atomic E-state index is 10.9. The number of nitrogens with zero attached hydrogens (tertiary/aromatic N) is 1. The maximum absolute atomic E-state index is 10.9. The van der Waals surface area contributed by atoms with E-state index in [1.165, 1.54) is 5.57 Å². The van der Waals surface area contributed by atoms with Gasteiger partial charge in [-0.2, -0.15) is 0 Å². The molecule has 0 spiro atoms. The highest BCUT2D eigenvalue weighted by Gasteiger charge is 2.58. The highest BCUT2D eigenvalue weighted by molar-refractivity contribution is 5.68.